The Labute approximate surface area is 194 Å². The maximum absolute atomic E-state index is 13.5. The third-order valence-electron chi connectivity index (χ3n) is 8.73. The molecular weight excluding hydrogens is 402 g/mol. The van der Waals surface area contributed by atoms with Crippen molar-refractivity contribution < 1.29 is 14.0 Å². The van der Waals surface area contributed by atoms with Crippen LogP contribution in [0, 0.1) is 16.7 Å². The van der Waals surface area contributed by atoms with Gasteiger partial charge in [-0.05, 0) is 75.7 Å². The van der Waals surface area contributed by atoms with Crippen molar-refractivity contribution >= 4 is 15.7 Å². The Morgan fingerprint density at radius 2 is 1.45 bits per heavy atom. The summed E-state index contributed by atoms with van der Waals surface area (Å²) in [6, 6.07) is 0. The summed E-state index contributed by atoms with van der Waals surface area (Å²) >= 11 is 0. The van der Waals surface area contributed by atoms with Crippen LogP contribution >= 0.6 is 0 Å². The number of carbonyl (C=O) groups excluding carboxylic acids is 1. The summed E-state index contributed by atoms with van der Waals surface area (Å²) in [4.78, 5) is 15.8. The van der Waals surface area contributed by atoms with Crippen molar-refractivity contribution in [2.45, 2.75) is 123 Å². The third kappa shape index (κ3) is 5.41. The fourth-order valence-corrected chi connectivity index (χ4v) is 7.27. The molecule has 0 radical (unpaired) electrons. The molecule has 5 aliphatic rings. The van der Waals surface area contributed by atoms with Crippen LogP contribution in [-0.2, 0) is 14.0 Å². The summed E-state index contributed by atoms with van der Waals surface area (Å²) in [6.45, 7) is 20.9. The Bertz CT molecular complexity index is 615. The number of rotatable bonds is 4. The highest BCUT2D eigenvalue weighted by Gasteiger charge is 2.60. The van der Waals surface area contributed by atoms with Crippen molar-refractivity contribution in [3.8, 4) is 0 Å². The molecule has 3 saturated carbocycles. The molecule has 2 aliphatic heterocycles. The number of fused-ring (bicyclic) bond motifs is 3. The first-order valence-electron chi connectivity index (χ1n) is 12.7. The minimum absolute atomic E-state index is 0.137. The predicted molar refractivity (Wildman–Crippen MR) is 131 cm³/mol. The van der Waals surface area contributed by atoms with Gasteiger partial charge in [0.05, 0.1) is 11.0 Å². The summed E-state index contributed by atoms with van der Waals surface area (Å²) < 4.78 is 11.5. The molecule has 1 atom stereocenters. The normalized spacial score (nSPS) is 35.7. The zero-order valence-corrected chi connectivity index (χ0v) is 23.1. The first kappa shape index (κ1) is 25.2. The molecule has 0 N–H and O–H groups in total. The molecule has 1 unspecified atom stereocenters. The second-order valence-corrected chi connectivity index (χ2v) is 16.2. The highest BCUT2D eigenvalue weighted by atomic mass is 28.2. The van der Waals surface area contributed by atoms with Gasteiger partial charge in [-0.15, -0.1) is 0 Å². The lowest BCUT2D eigenvalue weighted by atomic mass is 9.57. The fraction of sp³-hybridized carbons (Fsp3) is 0.962. The monoisotopic (exact) mass is 451 g/mol. The van der Waals surface area contributed by atoms with Crippen LogP contribution < -0.4 is 0 Å². The Kier molecular flexibility index (Phi) is 7.13. The van der Waals surface area contributed by atoms with E-state index in [-0.39, 0.29) is 27.5 Å². The molecule has 2 heterocycles. The van der Waals surface area contributed by atoms with Crippen molar-refractivity contribution in [3.05, 3.63) is 0 Å². The molecule has 5 rings (SSSR count). The number of likely N-dealkylation sites (tertiary alicyclic amines) is 1. The lowest BCUT2D eigenvalue weighted by Gasteiger charge is -2.56. The Hall–Kier alpha value is -0.393. The lowest BCUT2D eigenvalue weighted by molar-refractivity contribution is -0.146. The smallest absolute Gasteiger partial charge is 0.229 e. The molecule has 4 nitrogen and oxygen atoms in total. The highest BCUT2D eigenvalue weighted by molar-refractivity contribution is 6.31. The van der Waals surface area contributed by atoms with E-state index in [1.54, 1.807) is 0 Å². The van der Waals surface area contributed by atoms with Gasteiger partial charge in [0, 0.05) is 31.2 Å². The average Bonchev–Trinajstić information content (AvgIpc) is 3.33. The van der Waals surface area contributed by atoms with E-state index in [0.29, 0.717) is 11.3 Å². The van der Waals surface area contributed by atoms with Crippen LogP contribution in [0.4, 0.5) is 0 Å². The Balaban J connectivity index is 0.000000478. The largest absolute Gasteiger partial charge is 0.418 e. The molecular formula is C26H49NO3Si. The van der Waals surface area contributed by atoms with E-state index in [9.17, 15) is 4.79 Å². The molecule has 5 fully saturated rings. The molecule has 5 heteroatoms. The van der Waals surface area contributed by atoms with Gasteiger partial charge in [-0.25, -0.2) is 0 Å². The first-order valence-corrected chi connectivity index (χ1v) is 14.0. The van der Waals surface area contributed by atoms with Crippen molar-refractivity contribution in [2.75, 3.05) is 19.8 Å². The minimum Gasteiger partial charge on any atom is -0.418 e. The summed E-state index contributed by atoms with van der Waals surface area (Å²) in [5.74, 6) is 0.643. The van der Waals surface area contributed by atoms with E-state index >= 15 is 0 Å². The van der Waals surface area contributed by atoms with Crippen molar-refractivity contribution in [3.63, 3.8) is 0 Å². The molecule has 1 amide bonds. The van der Waals surface area contributed by atoms with Crippen LogP contribution in [0.3, 0.4) is 0 Å². The van der Waals surface area contributed by atoms with E-state index in [0.717, 1.165) is 19.8 Å². The van der Waals surface area contributed by atoms with Gasteiger partial charge >= 0.3 is 0 Å². The van der Waals surface area contributed by atoms with E-state index in [4.69, 9.17) is 9.16 Å². The number of nitrogens with zero attached hydrogens (tertiary/aromatic N) is 1. The van der Waals surface area contributed by atoms with E-state index < -0.39 is 9.76 Å². The second kappa shape index (κ2) is 8.75. The topological polar surface area (TPSA) is 38.8 Å². The van der Waals surface area contributed by atoms with Crippen molar-refractivity contribution in [1.82, 2.24) is 4.90 Å². The van der Waals surface area contributed by atoms with E-state index in [2.05, 4.69) is 60.3 Å². The molecule has 2 bridgehead atoms. The number of hydrogen-bond acceptors (Lipinski definition) is 3. The zero-order valence-electron chi connectivity index (χ0n) is 21.7. The van der Waals surface area contributed by atoms with Crippen LogP contribution in [0.5, 0.6) is 0 Å². The van der Waals surface area contributed by atoms with E-state index in [1.807, 2.05) is 0 Å². The standard InChI is InChI=1S/C22H41NO2Si.C4H8O/c1-18(2,3)26-25-20(6,7)16-15-23(17(24)19(16,4)5)22-12-9-21(8,10-13-22)11-14-22;1-2-4-5-3-1/h16H,9-15,26H2,1-8H3;1-4H2. The van der Waals surface area contributed by atoms with E-state index in [1.165, 1.54) is 51.4 Å². The van der Waals surface area contributed by atoms with Gasteiger partial charge < -0.3 is 14.1 Å². The minimum atomic E-state index is -0.644. The number of carbonyl (C=O) groups is 1. The summed E-state index contributed by atoms with van der Waals surface area (Å²) in [7, 11) is -0.644. The van der Waals surface area contributed by atoms with Crippen LogP contribution in [0.15, 0.2) is 0 Å². The van der Waals surface area contributed by atoms with Crippen LogP contribution in [0.1, 0.15) is 107 Å². The summed E-state index contributed by atoms with van der Waals surface area (Å²) in [6.07, 6.45) is 10.0. The van der Waals surface area contributed by atoms with Crippen LogP contribution in [0.25, 0.3) is 0 Å². The average molecular weight is 452 g/mol. The predicted octanol–water partition coefficient (Wildman–Crippen LogP) is 5.48. The first-order chi connectivity index (χ1) is 14.2. The second-order valence-electron chi connectivity index (χ2n) is 13.5. The maximum Gasteiger partial charge on any atom is 0.229 e. The van der Waals surface area contributed by atoms with Crippen molar-refractivity contribution in [1.29, 1.82) is 0 Å². The Morgan fingerprint density at radius 3 is 1.87 bits per heavy atom. The lowest BCUT2D eigenvalue weighted by Crippen LogP contribution is -2.57. The van der Waals surface area contributed by atoms with Crippen molar-refractivity contribution in [2.24, 2.45) is 16.7 Å². The SMILES string of the molecule is C1CCOC1.CC12CCC(N3CC(C(C)(C)O[SiH2]C(C)(C)C)C(C)(C)C3=O)(CC1)CC2. The summed E-state index contributed by atoms with van der Waals surface area (Å²) in [5, 5.41) is 0.277. The zero-order chi connectivity index (χ0) is 23.1. The molecule has 0 aromatic heterocycles. The van der Waals surface area contributed by atoms with Gasteiger partial charge in [0.15, 0.2) is 9.76 Å². The van der Waals surface area contributed by atoms with Crippen LogP contribution in [-0.4, -0.2) is 51.5 Å². The number of amides is 1. The molecule has 3 aliphatic carbocycles. The van der Waals surface area contributed by atoms with Gasteiger partial charge in [0.25, 0.3) is 0 Å². The summed E-state index contributed by atoms with van der Waals surface area (Å²) in [5.41, 5.74) is 0.114. The molecule has 0 aromatic carbocycles. The van der Waals surface area contributed by atoms with Gasteiger partial charge in [-0.1, -0.05) is 41.5 Å². The highest BCUT2D eigenvalue weighted by Crippen LogP contribution is 2.57. The molecule has 0 spiro atoms. The molecule has 0 aromatic rings. The van der Waals surface area contributed by atoms with Crippen LogP contribution in [0.2, 0.25) is 5.04 Å². The van der Waals surface area contributed by atoms with Gasteiger partial charge in [0.1, 0.15) is 0 Å². The fourth-order valence-electron chi connectivity index (χ4n) is 6.26. The molecule has 2 saturated heterocycles. The third-order valence-corrected chi connectivity index (χ3v) is 10.5. The Morgan fingerprint density at radius 1 is 0.935 bits per heavy atom. The number of ether oxygens (including phenoxy) is 1. The molecule has 31 heavy (non-hydrogen) atoms. The van der Waals surface area contributed by atoms with Gasteiger partial charge in [-0.2, -0.15) is 0 Å². The molecule has 180 valence electrons. The van der Waals surface area contributed by atoms with Gasteiger partial charge in [0.2, 0.25) is 5.91 Å². The quantitative estimate of drug-likeness (QED) is 0.531. The number of hydrogen-bond donors (Lipinski definition) is 0. The van der Waals surface area contributed by atoms with Gasteiger partial charge in [-0.3, -0.25) is 4.79 Å². The maximum atomic E-state index is 13.5.